The zero-order valence-corrected chi connectivity index (χ0v) is 19.1. The minimum atomic E-state index is -0.529. The van der Waals surface area contributed by atoms with E-state index < -0.39 is 5.82 Å². The molecule has 3 rings (SSSR count). The van der Waals surface area contributed by atoms with Crippen molar-refractivity contribution in [3.63, 3.8) is 0 Å². The van der Waals surface area contributed by atoms with Gasteiger partial charge in [0.15, 0.2) is 29.7 Å². The van der Waals surface area contributed by atoms with E-state index in [1.54, 1.807) is 20.3 Å². The van der Waals surface area contributed by atoms with Crippen LogP contribution in [0.1, 0.15) is 11.6 Å². The lowest BCUT2D eigenvalue weighted by Gasteiger charge is -2.35. The summed E-state index contributed by atoms with van der Waals surface area (Å²) in [5.74, 6) is 0.433. The Hall–Kier alpha value is -2.36. The quantitative estimate of drug-likeness (QED) is 0.574. The fourth-order valence-electron chi connectivity index (χ4n) is 3.40. The van der Waals surface area contributed by atoms with Gasteiger partial charge in [0.25, 0.3) is 5.91 Å². The second-order valence-corrected chi connectivity index (χ2v) is 7.86. The lowest BCUT2D eigenvalue weighted by atomic mass is 10.0. The summed E-state index contributed by atoms with van der Waals surface area (Å²) in [6.07, 6.45) is 0. The Morgan fingerprint density at radius 1 is 1.13 bits per heavy atom. The number of hydrogen-bond donors (Lipinski definition) is 1. The molecule has 1 fully saturated rings. The van der Waals surface area contributed by atoms with Crippen molar-refractivity contribution >= 4 is 21.8 Å². The number of rotatable bonds is 9. The Balaban J connectivity index is 1.66. The average Bonchev–Trinajstić information content (AvgIpc) is 2.79. The molecule has 0 spiro atoms. The highest BCUT2D eigenvalue weighted by atomic mass is 79.9. The highest BCUT2D eigenvalue weighted by Gasteiger charge is 2.24. The van der Waals surface area contributed by atoms with Crippen LogP contribution in [0.4, 0.5) is 4.39 Å². The van der Waals surface area contributed by atoms with Crippen molar-refractivity contribution in [2.45, 2.75) is 6.04 Å². The van der Waals surface area contributed by atoms with Gasteiger partial charge in [0.05, 0.1) is 33.5 Å². The number of carbonyl (C=O) groups is 1. The second kappa shape index (κ2) is 11.3. The van der Waals surface area contributed by atoms with Crippen LogP contribution in [0.5, 0.6) is 17.2 Å². The number of methoxy groups -OCH3 is 2. The van der Waals surface area contributed by atoms with Crippen molar-refractivity contribution in [3.05, 3.63) is 52.3 Å². The molecule has 0 aliphatic carbocycles. The predicted molar refractivity (Wildman–Crippen MR) is 117 cm³/mol. The number of benzene rings is 2. The van der Waals surface area contributed by atoms with Crippen LogP contribution in [-0.4, -0.2) is 64.5 Å². The lowest BCUT2D eigenvalue weighted by Crippen LogP contribution is -2.44. The number of nitrogens with one attached hydrogen (secondary N) is 1. The summed E-state index contributed by atoms with van der Waals surface area (Å²) in [6.45, 7) is 2.83. The molecule has 1 aliphatic rings. The van der Waals surface area contributed by atoms with E-state index in [0.717, 1.165) is 18.7 Å². The van der Waals surface area contributed by atoms with Gasteiger partial charge in [-0.1, -0.05) is 22.0 Å². The summed E-state index contributed by atoms with van der Waals surface area (Å²) < 4.78 is 36.0. The maximum absolute atomic E-state index is 13.9. The summed E-state index contributed by atoms with van der Waals surface area (Å²) in [5.41, 5.74) is 0.986. The van der Waals surface area contributed by atoms with Crippen LogP contribution in [0.15, 0.2) is 40.9 Å². The highest BCUT2D eigenvalue weighted by Crippen LogP contribution is 2.32. The van der Waals surface area contributed by atoms with Gasteiger partial charge in [-0.15, -0.1) is 0 Å². The third kappa shape index (κ3) is 6.32. The van der Waals surface area contributed by atoms with Crippen LogP contribution >= 0.6 is 15.9 Å². The molecule has 2 aromatic rings. The van der Waals surface area contributed by atoms with Gasteiger partial charge >= 0.3 is 0 Å². The number of hydrogen-bond acceptors (Lipinski definition) is 6. The Bertz CT molecular complexity index is 892. The van der Waals surface area contributed by atoms with E-state index in [2.05, 4.69) is 26.1 Å². The molecule has 7 nitrogen and oxygen atoms in total. The van der Waals surface area contributed by atoms with Crippen molar-refractivity contribution in [1.82, 2.24) is 10.2 Å². The molecule has 2 aromatic carbocycles. The zero-order chi connectivity index (χ0) is 22.2. The molecule has 0 bridgehead atoms. The van der Waals surface area contributed by atoms with Crippen LogP contribution < -0.4 is 19.5 Å². The first-order valence-electron chi connectivity index (χ1n) is 9.90. The number of carbonyl (C=O) groups excluding carboxylic acids is 1. The molecule has 1 atom stereocenters. The summed E-state index contributed by atoms with van der Waals surface area (Å²) in [7, 11) is 3.18. The number of halogens is 2. The number of morpholine rings is 1. The largest absolute Gasteiger partial charge is 0.493 e. The van der Waals surface area contributed by atoms with Crippen LogP contribution in [-0.2, 0) is 9.53 Å². The molecular weight excluding hydrogens is 471 g/mol. The molecular formula is C22H26BrFN2O5. The summed E-state index contributed by atoms with van der Waals surface area (Å²) >= 11 is 3.19. The van der Waals surface area contributed by atoms with E-state index in [0.29, 0.717) is 35.7 Å². The van der Waals surface area contributed by atoms with Gasteiger partial charge in [-0.25, -0.2) is 4.39 Å². The fourth-order valence-corrected chi connectivity index (χ4v) is 3.74. The first-order chi connectivity index (χ1) is 15.0. The minimum absolute atomic E-state index is 0.0305. The molecule has 1 unspecified atom stereocenters. The molecule has 168 valence electrons. The Morgan fingerprint density at radius 2 is 1.84 bits per heavy atom. The van der Waals surface area contributed by atoms with E-state index in [1.165, 1.54) is 12.1 Å². The van der Waals surface area contributed by atoms with Gasteiger partial charge in [0.1, 0.15) is 0 Å². The van der Waals surface area contributed by atoms with Crippen molar-refractivity contribution < 1.29 is 28.1 Å². The highest BCUT2D eigenvalue weighted by molar-refractivity contribution is 9.10. The van der Waals surface area contributed by atoms with Crippen LogP contribution in [0.25, 0.3) is 0 Å². The van der Waals surface area contributed by atoms with Crippen LogP contribution in [0.3, 0.4) is 0 Å². The van der Waals surface area contributed by atoms with Gasteiger partial charge in [0.2, 0.25) is 0 Å². The van der Waals surface area contributed by atoms with Gasteiger partial charge in [-0.05, 0) is 35.9 Å². The Labute approximate surface area is 189 Å². The number of ether oxygens (including phenoxy) is 4. The molecule has 0 saturated carbocycles. The van der Waals surface area contributed by atoms with Gasteiger partial charge in [0, 0.05) is 24.1 Å². The number of nitrogens with zero attached hydrogens (tertiary/aromatic N) is 1. The van der Waals surface area contributed by atoms with E-state index in [-0.39, 0.29) is 24.3 Å². The van der Waals surface area contributed by atoms with E-state index in [9.17, 15) is 9.18 Å². The van der Waals surface area contributed by atoms with Crippen molar-refractivity contribution in [2.75, 3.05) is 53.7 Å². The summed E-state index contributed by atoms with van der Waals surface area (Å²) in [5, 5.41) is 2.90. The van der Waals surface area contributed by atoms with Crippen molar-refractivity contribution in [3.8, 4) is 17.2 Å². The van der Waals surface area contributed by atoms with Crippen LogP contribution in [0.2, 0.25) is 0 Å². The average molecular weight is 497 g/mol. The molecule has 1 N–H and O–H groups in total. The molecule has 1 saturated heterocycles. The summed E-state index contributed by atoms with van der Waals surface area (Å²) in [4.78, 5) is 14.6. The van der Waals surface area contributed by atoms with Gasteiger partial charge in [-0.2, -0.15) is 0 Å². The van der Waals surface area contributed by atoms with Crippen molar-refractivity contribution in [1.29, 1.82) is 0 Å². The second-order valence-electron chi connectivity index (χ2n) is 6.95. The smallest absolute Gasteiger partial charge is 0.258 e. The molecule has 31 heavy (non-hydrogen) atoms. The fraction of sp³-hybridized carbons (Fsp3) is 0.409. The lowest BCUT2D eigenvalue weighted by molar-refractivity contribution is -0.123. The number of amides is 1. The molecule has 0 aromatic heterocycles. The maximum Gasteiger partial charge on any atom is 0.258 e. The predicted octanol–water partition coefficient (Wildman–Crippen LogP) is 3.17. The Morgan fingerprint density at radius 3 is 2.52 bits per heavy atom. The molecule has 0 radical (unpaired) electrons. The monoisotopic (exact) mass is 496 g/mol. The molecule has 1 amide bonds. The van der Waals surface area contributed by atoms with Crippen molar-refractivity contribution in [2.24, 2.45) is 0 Å². The molecule has 9 heteroatoms. The topological polar surface area (TPSA) is 69.3 Å². The third-order valence-corrected chi connectivity index (χ3v) is 5.52. The van der Waals surface area contributed by atoms with E-state index >= 15 is 0 Å². The SMILES string of the molecule is COc1ccc(C(CNC(=O)COc2ccc(Br)cc2F)N2CCOCC2)cc1OC. The molecule has 1 aliphatic heterocycles. The third-order valence-electron chi connectivity index (χ3n) is 5.02. The van der Waals surface area contributed by atoms with E-state index in [4.69, 9.17) is 18.9 Å². The summed E-state index contributed by atoms with van der Waals surface area (Å²) in [6, 6.07) is 10.1. The Kier molecular flexibility index (Phi) is 8.51. The van der Waals surface area contributed by atoms with Crippen LogP contribution in [0, 0.1) is 5.82 Å². The standard InChI is InChI=1S/C22H26BrFN2O5/c1-28-20-5-3-15(11-21(20)29-2)18(26-7-9-30-10-8-26)13-25-22(27)14-31-19-6-4-16(23)12-17(19)24/h3-6,11-12,18H,7-10,13-14H2,1-2H3,(H,25,27). The van der Waals surface area contributed by atoms with E-state index in [1.807, 2.05) is 18.2 Å². The minimum Gasteiger partial charge on any atom is -0.493 e. The normalized spacial score (nSPS) is 15.2. The zero-order valence-electron chi connectivity index (χ0n) is 17.5. The van der Waals surface area contributed by atoms with Gasteiger partial charge < -0.3 is 24.3 Å². The first kappa shape index (κ1) is 23.3. The van der Waals surface area contributed by atoms with Gasteiger partial charge in [-0.3, -0.25) is 9.69 Å². The first-order valence-corrected chi connectivity index (χ1v) is 10.7. The maximum atomic E-state index is 13.9. The molecule has 1 heterocycles.